The molecular weight excluding hydrogens is 266 g/mol. The van der Waals surface area contributed by atoms with Crippen molar-refractivity contribution in [3.63, 3.8) is 0 Å². The van der Waals surface area contributed by atoms with E-state index >= 15 is 0 Å². The first-order valence-electron chi connectivity index (χ1n) is 5.81. The molecule has 0 saturated heterocycles. The Balaban J connectivity index is 2.99. The molecule has 0 saturated carbocycles. The van der Waals surface area contributed by atoms with Crippen LogP contribution in [0.15, 0.2) is 18.2 Å². The highest BCUT2D eigenvalue weighted by atomic mass is 16.6. The van der Waals surface area contributed by atoms with Crippen molar-refractivity contribution in [3.8, 4) is 0 Å². The van der Waals surface area contributed by atoms with Gasteiger partial charge in [0, 0.05) is 26.6 Å². The number of carboxylic acids is 1. The smallest absolute Gasteiger partial charge is 0.305 e. The first kappa shape index (κ1) is 15.4. The van der Waals surface area contributed by atoms with Crippen molar-refractivity contribution in [3.05, 3.63) is 28.3 Å². The summed E-state index contributed by atoms with van der Waals surface area (Å²) in [4.78, 5) is 33.4. The van der Waals surface area contributed by atoms with Gasteiger partial charge in [-0.3, -0.25) is 19.7 Å². The molecule has 108 valence electrons. The average Bonchev–Trinajstić information content (AvgIpc) is 2.37. The molecule has 0 heterocycles. The van der Waals surface area contributed by atoms with E-state index in [0.29, 0.717) is 5.69 Å². The number of amides is 1. The van der Waals surface area contributed by atoms with Crippen LogP contribution in [-0.4, -0.2) is 35.5 Å². The summed E-state index contributed by atoms with van der Waals surface area (Å²) in [5, 5.41) is 22.2. The van der Waals surface area contributed by atoms with Crippen molar-refractivity contribution in [1.29, 1.82) is 0 Å². The number of nitrogens with one attached hydrogen (secondary N) is 1. The Kier molecular flexibility index (Phi) is 5.01. The van der Waals surface area contributed by atoms with E-state index in [1.54, 1.807) is 6.07 Å². The number of carbonyl (C=O) groups is 2. The number of nitrogens with zero attached hydrogens (tertiary/aromatic N) is 2. The van der Waals surface area contributed by atoms with Gasteiger partial charge in [0.05, 0.1) is 17.0 Å². The van der Waals surface area contributed by atoms with Gasteiger partial charge < -0.3 is 15.3 Å². The molecule has 0 atom stereocenters. The third kappa shape index (κ3) is 3.94. The second kappa shape index (κ2) is 6.50. The zero-order valence-electron chi connectivity index (χ0n) is 11.1. The molecule has 0 unspecified atom stereocenters. The van der Waals surface area contributed by atoms with Crippen molar-refractivity contribution in [2.24, 2.45) is 0 Å². The van der Waals surface area contributed by atoms with Crippen LogP contribution in [0.1, 0.15) is 13.3 Å². The molecule has 0 radical (unpaired) electrons. The number of aliphatic carboxylic acids is 1. The summed E-state index contributed by atoms with van der Waals surface area (Å²) in [5.74, 6) is -1.24. The first-order chi connectivity index (χ1) is 9.32. The number of carboxylic acid groups (broad SMARTS) is 1. The summed E-state index contributed by atoms with van der Waals surface area (Å²) < 4.78 is 0. The van der Waals surface area contributed by atoms with Crippen LogP contribution in [0.2, 0.25) is 0 Å². The van der Waals surface area contributed by atoms with E-state index in [4.69, 9.17) is 5.11 Å². The Bertz CT molecular complexity index is 544. The molecule has 1 amide bonds. The van der Waals surface area contributed by atoms with Crippen LogP contribution in [-0.2, 0) is 9.59 Å². The number of hydrogen-bond donors (Lipinski definition) is 2. The SMILES string of the molecule is CC(=O)N(C)c1ccc(NCCC(=O)O)c([N+](=O)[O-])c1. The van der Waals surface area contributed by atoms with Crippen molar-refractivity contribution < 1.29 is 19.6 Å². The summed E-state index contributed by atoms with van der Waals surface area (Å²) in [5.41, 5.74) is 0.408. The van der Waals surface area contributed by atoms with Gasteiger partial charge in [-0.2, -0.15) is 0 Å². The van der Waals surface area contributed by atoms with Crippen LogP contribution in [0.25, 0.3) is 0 Å². The fourth-order valence-electron chi connectivity index (χ4n) is 1.52. The van der Waals surface area contributed by atoms with E-state index in [2.05, 4.69) is 5.32 Å². The van der Waals surface area contributed by atoms with Crippen LogP contribution in [0.3, 0.4) is 0 Å². The van der Waals surface area contributed by atoms with Crippen molar-refractivity contribution >= 4 is 28.9 Å². The third-order valence-corrected chi connectivity index (χ3v) is 2.69. The molecule has 0 aliphatic heterocycles. The molecule has 0 aromatic heterocycles. The molecule has 0 aliphatic carbocycles. The highest BCUT2D eigenvalue weighted by Crippen LogP contribution is 2.29. The first-order valence-corrected chi connectivity index (χ1v) is 5.81. The zero-order chi connectivity index (χ0) is 15.3. The van der Waals surface area contributed by atoms with Gasteiger partial charge in [-0.05, 0) is 12.1 Å². The predicted molar refractivity (Wildman–Crippen MR) is 72.9 cm³/mol. The van der Waals surface area contributed by atoms with Crippen LogP contribution in [0.4, 0.5) is 17.1 Å². The molecule has 0 aliphatic rings. The standard InChI is InChI=1S/C12H15N3O5/c1-8(16)14(2)9-3-4-10(11(7-9)15(19)20)13-6-5-12(17)18/h3-4,7,13H,5-6H2,1-2H3,(H,17,18). The maximum atomic E-state index is 11.2. The van der Waals surface area contributed by atoms with Crippen LogP contribution < -0.4 is 10.2 Å². The lowest BCUT2D eigenvalue weighted by Crippen LogP contribution is -2.22. The van der Waals surface area contributed by atoms with Crippen molar-refractivity contribution in [1.82, 2.24) is 0 Å². The molecule has 0 bridgehead atoms. The number of benzene rings is 1. The lowest BCUT2D eigenvalue weighted by Gasteiger charge is -2.15. The van der Waals surface area contributed by atoms with E-state index in [1.165, 1.54) is 31.0 Å². The summed E-state index contributed by atoms with van der Waals surface area (Å²) in [6, 6.07) is 4.27. The largest absolute Gasteiger partial charge is 0.481 e. The number of nitro groups is 1. The topological polar surface area (TPSA) is 113 Å². The van der Waals surface area contributed by atoms with E-state index in [-0.39, 0.29) is 30.2 Å². The van der Waals surface area contributed by atoms with Gasteiger partial charge >= 0.3 is 5.97 Å². The number of rotatable bonds is 6. The lowest BCUT2D eigenvalue weighted by atomic mass is 10.2. The number of anilines is 2. The molecule has 2 N–H and O–H groups in total. The van der Waals surface area contributed by atoms with Gasteiger partial charge in [0.15, 0.2) is 0 Å². The Morgan fingerprint density at radius 3 is 2.60 bits per heavy atom. The monoisotopic (exact) mass is 281 g/mol. The fraction of sp³-hybridized carbons (Fsp3) is 0.333. The zero-order valence-corrected chi connectivity index (χ0v) is 11.1. The van der Waals surface area contributed by atoms with Crippen molar-refractivity contribution in [2.75, 3.05) is 23.8 Å². The van der Waals surface area contributed by atoms with Gasteiger partial charge in [-0.25, -0.2) is 0 Å². The second-order valence-electron chi connectivity index (χ2n) is 4.11. The van der Waals surface area contributed by atoms with Crippen LogP contribution in [0, 0.1) is 10.1 Å². The Hall–Kier alpha value is -2.64. The third-order valence-electron chi connectivity index (χ3n) is 2.69. The molecule has 1 aromatic carbocycles. The summed E-state index contributed by atoms with van der Waals surface area (Å²) >= 11 is 0. The highest BCUT2D eigenvalue weighted by molar-refractivity contribution is 5.91. The maximum Gasteiger partial charge on any atom is 0.305 e. The quantitative estimate of drug-likeness (QED) is 0.603. The van der Waals surface area contributed by atoms with Gasteiger partial charge in [-0.15, -0.1) is 0 Å². The van der Waals surface area contributed by atoms with E-state index in [0.717, 1.165) is 0 Å². The van der Waals surface area contributed by atoms with Gasteiger partial charge in [0.25, 0.3) is 5.69 Å². The summed E-state index contributed by atoms with van der Waals surface area (Å²) in [6.45, 7) is 1.43. The van der Waals surface area contributed by atoms with Crippen molar-refractivity contribution in [2.45, 2.75) is 13.3 Å². The molecule has 0 fully saturated rings. The predicted octanol–water partition coefficient (Wildman–Crippen LogP) is 1.46. The Morgan fingerprint density at radius 1 is 1.45 bits per heavy atom. The normalized spacial score (nSPS) is 9.90. The molecule has 1 rings (SSSR count). The fourth-order valence-corrected chi connectivity index (χ4v) is 1.52. The van der Waals surface area contributed by atoms with Gasteiger partial charge in [0.1, 0.15) is 5.69 Å². The second-order valence-corrected chi connectivity index (χ2v) is 4.11. The number of carbonyl (C=O) groups excluding carboxylic acids is 1. The minimum Gasteiger partial charge on any atom is -0.481 e. The molecule has 1 aromatic rings. The van der Waals surface area contributed by atoms with E-state index in [1.807, 2.05) is 0 Å². The molecule has 20 heavy (non-hydrogen) atoms. The van der Waals surface area contributed by atoms with Crippen LogP contribution >= 0.6 is 0 Å². The number of nitro benzene ring substituents is 1. The highest BCUT2D eigenvalue weighted by Gasteiger charge is 2.17. The molecular formula is C12H15N3O5. The maximum absolute atomic E-state index is 11.2. The van der Waals surface area contributed by atoms with Gasteiger partial charge in [-0.1, -0.05) is 0 Å². The van der Waals surface area contributed by atoms with E-state index < -0.39 is 10.9 Å². The Labute approximate surface area is 115 Å². The minimum absolute atomic E-state index is 0.0814. The molecule has 8 heteroatoms. The summed E-state index contributed by atoms with van der Waals surface area (Å²) in [6.07, 6.45) is -0.147. The van der Waals surface area contributed by atoms with E-state index in [9.17, 15) is 19.7 Å². The summed E-state index contributed by atoms with van der Waals surface area (Å²) in [7, 11) is 1.51. The molecule has 8 nitrogen and oxygen atoms in total. The minimum atomic E-state index is -0.993. The average molecular weight is 281 g/mol. The van der Waals surface area contributed by atoms with Gasteiger partial charge in [0.2, 0.25) is 5.91 Å². The molecule has 0 spiro atoms. The Morgan fingerprint density at radius 2 is 2.10 bits per heavy atom. The lowest BCUT2D eigenvalue weighted by molar-refractivity contribution is -0.383. The van der Waals surface area contributed by atoms with Crippen LogP contribution in [0.5, 0.6) is 0 Å². The number of hydrogen-bond acceptors (Lipinski definition) is 5.